The van der Waals surface area contributed by atoms with Crippen LogP contribution in [0.4, 0.5) is 5.69 Å². The van der Waals surface area contributed by atoms with E-state index in [1.807, 2.05) is 43.0 Å². The molecular formula is C17H22N2O. The zero-order chi connectivity index (χ0) is 14.4. The molecule has 2 aromatic rings. The van der Waals surface area contributed by atoms with E-state index >= 15 is 0 Å². The van der Waals surface area contributed by atoms with Crippen LogP contribution in [-0.4, -0.2) is 25.5 Å². The highest BCUT2D eigenvalue weighted by molar-refractivity contribution is 6.03. The zero-order valence-corrected chi connectivity index (χ0v) is 12.2. The van der Waals surface area contributed by atoms with Crippen LogP contribution < -0.4 is 10.2 Å². The fourth-order valence-electron chi connectivity index (χ4n) is 2.43. The molecule has 0 heterocycles. The minimum Gasteiger partial charge on any atom is -0.316 e. The Bertz CT molecular complexity index is 575. The van der Waals surface area contributed by atoms with Crippen LogP contribution in [0.15, 0.2) is 42.5 Å². The Hall–Kier alpha value is -1.87. The second-order valence-corrected chi connectivity index (χ2v) is 4.74. The van der Waals surface area contributed by atoms with Crippen molar-refractivity contribution in [1.29, 1.82) is 0 Å². The first-order valence-corrected chi connectivity index (χ1v) is 7.26. The maximum atomic E-state index is 12.4. The second kappa shape index (κ2) is 7.06. The molecule has 0 radical (unpaired) electrons. The van der Waals surface area contributed by atoms with Crippen LogP contribution in [0.3, 0.4) is 0 Å². The van der Waals surface area contributed by atoms with E-state index in [9.17, 15) is 4.79 Å². The molecule has 0 saturated heterocycles. The van der Waals surface area contributed by atoms with Crippen molar-refractivity contribution in [3.63, 3.8) is 0 Å². The van der Waals surface area contributed by atoms with Crippen molar-refractivity contribution in [3.05, 3.63) is 42.5 Å². The molecule has 0 aliphatic carbocycles. The molecule has 3 heteroatoms. The average Bonchev–Trinajstić information content (AvgIpc) is 2.48. The highest BCUT2D eigenvalue weighted by Gasteiger charge is 2.15. The summed E-state index contributed by atoms with van der Waals surface area (Å²) in [5.74, 6) is 0.171. The van der Waals surface area contributed by atoms with Gasteiger partial charge in [-0.15, -0.1) is 0 Å². The van der Waals surface area contributed by atoms with Crippen molar-refractivity contribution in [3.8, 4) is 0 Å². The molecule has 2 aromatic carbocycles. The van der Waals surface area contributed by atoms with Crippen LogP contribution in [0.1, 0.15) is 20.3 Å². The molecule has 0 bridgehead atoms. The maximum absolute atomic E-state index is 12.4. The smallest absolute Gasteiger partial charge is 0.228 e. The molecule has 3 nitrogen and oxygen atoms in total. The zero-order valence-electron chi connectivity index (χ0n) is 12.2. The molecule has 2 rings (SSSR count). The summed E-state index contributed by atoms with van der Waals surface area (Å²) in [6, 6.07) is 14.3. The van der Waals surface area contributed by atoms with Gasteiger partial charge in [0.05, 0.1) is 5.69 Å². The summed E-state index contributed by atoms with van der Waals surface area (Å²) >= 11 is 0. The van der Waals surface area contributed by atoms with Crippen LogP contribution in [0.5, 0.6) is 0 Å². The summed E-state index contributed by atoms with van der Waals surface area (Å²) in [6.45, 7) is 6.39. The highest BCUT2D eigenvalue weighted by atomic mass is 16.2. The van der Waals surface area contributed by atoms with E-state index in [0.717, 1.165) is 24.2 Å². The Morgan fingerprint density at radius 3 is 2.60 bits per heavy atom. The topological polar surface area (TPSA) is 32.3 Å². The molecule has 0 aliphatic heterocycles. The Balaban J connectivity index is 2.27. The van der Waals surface area contributed by atoms with E-state index in [1.54, 1.807) is 0 Å². The monoisotopic (exact) mass is 270 g/mol. The maximum Gasteiger partial charge on any atom is 0.228 e. The van der Waals surface area contributed by atoms with Gasteiger partial charge in [0.2, 0.25) is 5.91 Å². The molecule has 0 spiro atoms. The number of benzene rings is 2. The number of nitrogens with zero attached hydrogens (tertiary/aromatic N) is 1. The van der Waals surface area contributed by atoms with Gasteiger partial charge in [-0.05, 0) is 24.9 Å². The molecule has 1 amide bonds. The third-order valence-corrected chi connectivity index (χ3v) is 3.44. The molecule has 0 atom stereocenters. The van der Waals surface area contributed by atoms with Crippen molar-refractivity contribution in [2.75, 3.05) is 24.5 Å². The number of nitrogens with one attached hydrogen (secondary N) is 1. The molecule has 20 heavy (non-hydrogen) atoms. The SMILES string of the molecule is CCNCCC(=O)N(CC)c1cccc2ccccc12. The third-order valence-electron chi connectivity index (χ3n) is 3.44. The van der Waals surface area contributed by atoms with E-state index in [2.05, 4.69) is 23.5 Å². The largest absolute Gasteiger partial charge is 0.316 e. The second-order valence-electron chi connectivity index (χ2n) is 4.74. The van der Waals surface area contributed by atoms with Crippen LogP contribution in [0, 0.1) is 0 Å². The lowest BCUT2D eigenvalue weighted by Crippen LogP contribution is -2.33. The fourth-order valence-corrected chi connectivity index (χ4v) is 2.43. The minimum atomic E-state index is 0.171. The molecule has 106 valence electrons. The Morgan fingerprint density at radius 2 is 1.85 bits per heavy atom. The number of hydrogen-bond donors (Lipinski definition) is 1. The summed E-state index contributed by atoms with van der Waals surface area (Å²) in [4.78, 5) is 14.3. The van der Waals surface area contributed by atoms with Gasteiger partial charge >= 0.3 is 0 Å². The van der Waals surface area contributed by atoms with Crippen molar-refractivity contribution in [2.24, 2.45) is 0 Å². The van der Waals surface area contributed by atoms with E-state index in [1.165, 1.54) is 5.39 Å². The van der Waals surface area contributed by atoms with E-state index in [-0.39, 0.29) is 5.91 Å². The van der Waals surface area contributed by atoms with Gasteiger partial charge in [-0.25, -0.2) is 0 Å². The first kappa shape index (κ1) is 14.5. The van der Waals surface area contributed by atoms with Crippen molar-refractivity contribution in [1.82, 2.24) is 5.32 Å². The van der Waals surface area contributed by atoms with Crippen molar-refractivity contribution >= 4 is 22.4 Å². The molecule has 0 saturated carbocycles. The molecule has 0 fully saturated rings. The number of hydrogen-bond acceptors (Lipinski definition) is 2. The lowest BCUT2D eigenvalue weighted by Gasteiger charge is -2.23. The predicted octanol–water partition coefficient (Wildman–Crippen LogP) is 3.19. The first-order valence-electron chi connectivity index (χ1n) is 7.26. The highest BCUT2D eigenvalue weighted by Crippen LogP contribution is 2.26. The van der Waals surface area contributed by atoms with Crippen LogP contribution in [-0.2, 0) is 4.79 Å². The van der Waals surface area contributed by atoms with Crippen LogP contribution >= 0.6 is 0 Å². The first-order chi connectivity index (χ1) is 9.77. The third kappa shape index (κ3) is 3.17. The number of anilines is 1. The van der Waals surface area contributed by atoms with Gasteiger partial charge in [0.1, 0.15) is 0 Å². The van der Waals surface area contributed by atoms with Crippen LogP contribution in [0.25, 0.3) is 10.8 Å². The molecule has 1 N–H and O–H groups in total. The van der Waals surface area contributed by atoms with Gasteiger partial charge < -0.3 is 10.2 Å². The Labute approximate surface area is 120 Å². The van der Waals surface area contributed by atoms with Gasteiger partial charge in [0.15, 0.2) is 0 Å². The normalized spacial score (nSPS) is 10.7. The summed E-state index contributed by atoms with van der Waals surface area (Å²) in [5, 5.41) is 5.50. The van der Waals surface area contributed by atoms with Crippen molar-refractivity contribution in [2.45, 2.75) is 20.3 Å². The Kier molecular flexibility index (Phi) is 5.13. The number of carbonyl (C=O) groups is 1. The standard InChI is InChI=1S/C17H22N2O/c1-3-18-13-12-17(20)19(4-2)16-11-7-9-14-8-5-6-10-15(14)16/h5-11,18H,3-4,12-13H2,1-2H3. The lowest BCUT2D eigenvalue weighted by atomic mass is 10.1. The van der Waals surface area contributed by atoms with Gasteiger partial charge in [-0.2, -0.15) is 0 Å². The number of amides is 1. The van der Waals surface area contributed by atoms with Gasteiger partial charge in [-0.1, -0.05) is 43.3 Å². The van der Waals surface area contributed by atoms with E-state index < -0.39 is 0 Å². The number of carbonyl (C=O) groups excluding carboxylic acids is 1. The van der Waals surface area contributed by atoms with Gasteiger partial charge in [0, 0.05) is 24.9 Å². The molecule has 0 aliphatic rings. The van der Waals surface area contributed by atoms with Crippen molar-refractivity contribution < 1.29 is 4.79 Å². The molecular weight excluding hydrogens is 248 g/mol. The number of rotatable bonds is 6. The minimum absolute atomic E-state index is 0.171. The molecule has 0 aromatic heterocycles. The van der Waals surface area contributed by atoms with Gasteiger partial charge in [0.25, 0.3) is 0 Å². The number of fused-ring (bicyclic) bond motifs is 1. The summed E-state index contributed by atoms with van der Waals surface area (Å²) in [5.41, 5.74) is 1.01. The summed E-state index contributed by atoms with van der Waals surface area (Å²) in [7, 11) is 0. The Morgan fingerprint density at radius 1 is 1.10 bits per heavy atom. The van der Waals surface area contributed by atoms with E-state index in [0.29, 0.717) is 13.0 Å². The summed E-state index contributed by atoms with van der Waals surface area (Å²) < 4.78 is 0. The van der Waals surface area contributed by atoms with Crippen LogP contribution in [0.2, 0.25) is 0 Å². The quantitative estimate of drug-likeness (QED) is 0.818. The fraction of sp³-hybridized carbons (Fsp3) is 0.353. The molecule has 0 unspecified atom stereocenters. The summed E-state index contributed by atoms with van der Waals surface area (Å²) in [6.07, 6.45) is 0.533. The lowest BCUT2D eigenvalue weighted by molar-refractivity contribution is -0.118. The van der Waals surface area contributed by atoms with E-state index in [4.69, 9.17) is 0 Å². The predicted molar refractivity (Wildman–Crippen MR) is 85.1 cm³/mol. The average molecular weight is 270 g/mol. The van der Waals surface area contributed by atoms with Gasteiger partial charge in [-0.3, -0.25) is 4.79 Å².